The normalized spacial score (nSPS) is 20.0. The van der Waals surface area contributed by atoms with E-state index < -0.39 is 0 Å². The van der Waals surface area contributed by atoms with E-state index in [-0.39, 0.29) is 24.4 Å². The SMILES string of the molecule is Cl.NC(=O)c1csc2c1C1C=CC(=C2)N1. The van der Waals surface area contributed by atoms with Gasteiger partial charge in [-0.2, -0.15) is 0 Å². The van der Waals surface area contributed by atoms with Gasteiger partial charge in [0.15, 0.2) is 0 Å². The molecular formula is C10H9ClN2OS. The molecule has 0 fully saturated rings. The van der Waals surface area contributed by atoms with Crippen LogP contribution in [0.1, 0.15) is 26.8 Å². The third-order valence-electron chi connectivity index (χ3n) is 2.51. The van der Waals surface area contributed by atoms with E-state index in [1.54, 1.807) is 11.3 Å². The van der Waals surface area contributed by atoms with Gasteiger partial charge in [-0.1, -0.05) is 6.08 Å². The maximum absolute atomic E-state index is 11.2. The molecule has 3 N–H and O–H groups in total. The Balaban J connectivity index is 0.000000853. The Morgan fingerprint density at radius 3 is 3.07 bits per heavy atom. The van der Waals surface area contributed by atoms with Crippen LogP contribution in [0.25, 0.3) is 6.08 Å². The zero-order valence-corrected chi connectivity index (χ0v) is 9.32. The van der Waals surface area contributed by atoms with E-state index >= 15 is 0 Å². The minimum atomic E-state index is -0.346. The Labute approximate surface area is 97.1 Å². The maximum Gasteiger partial charge on any atom is 0.249 e. The van der Waals surface area contributed by atoms with Gasteiger partial charge < -0.3 is 11.1 Å². The van der Waals surface area contributed by atoms with Crippen LogP contribution in [0.3, 0.4) is 0 Å². The molecule has 1 amide bonds. The predicted octanol–water partition coefficient (Wildman–Crippen LogP) is 1.82. The molecule has 0 aliphatic carbocycles. The maximum atomic E-state index is 11.2. The minimum absolute atomic E-state index is 0. The number of halogens is 1. The number of fused-ring (bicyclic) bond motifs is 4. The fourth-order valence-corrected chi connectivity index (χ4v) is 2.93. The van der Waals surface area contributed by atoms with E-state index in [0.717, 1.165) is 16.1 Å². The molecule has 78 valence electrons. The summed E-state index contributed by atoms with van der Waals surface area (Å²) in [5.74, 6) is -0.346. The molecule has 0 saturated heterocycles. The molecule has 1 aromatic rings. The summed E-state index contributed by atoms with van der Waals surface area (Å²) in [4.78, 5) is 12.3. The van der Waals surface area contributed by atoms with Crippen molar-refractivity contribution in [1.82, 2.24) is 5.32 Å². The predicted molar refractivity (Wildman–Crippen MR) is 63.1 cm³/mol. The van der Waals surface area contributed by atoms with Gasteiger partial charge >= 0.3 is 0 Å². The highest BCUT2D eigenvalue weighted by molar-refractivity contribution is 7.11. The molecule has 0 aromatic carbocycles. The average molecular weight is 241 g/mol. The highest BCUT2D eigenvalue weighted by Crippen LogP contribution is 2.37. The first-order chi connectivity index (χ1) is 6.75. The average Bonchev–Trinajstić information content (AvgIpc) is 2.71. The first-order valence-corrected chi connectivity index (χ1v) is 5.21. The number of hydrogen-bond acceptors (Lipinski definition) is 3. The fourth-order valence-electron chi connectivity index (χ4n) is 1.88. The molecule has 3 rings (SSSR count). The Morgan fingerprint density at radius 2 is 2.33 bits per heavy atom. The van der Waals surface area contributed by atoms with Crippen molar-refractivity contribution in [2.75, 3.05) is 0 Å². The lowest BCUT2D eigenvalue weighted by molar-refractivity contribution is 0.0999. The fraction of sp³-hybridized carbons (Fsp3) is 0.100. The van der Waals surface area contributed by atoms with Crippen LogP contribution in [0.4, 0.5) is 0 Å². The van der Waals surface area contributed by atoms with Gasteiger partial charge in [0.1, 0.15) is 0 Å². The summed E-state index contributed by atoms with van der Waals surface area (Å²) < 4.78 is 0. The van der Waals surface area contributed by atoms with E-state index in [9.17, 15) is 4.79 Å². The summed E-state index contributed by atoms with van der Waals surface area (Å²) in [6.07, 6.45) is 6.13. The number of rotatable bonds is 1. The molecule has 1 aromatic heterocycles. The lowest BCUT2D eigenvalue weighted by Crippen LogP contribution is -2.21. The number of thiophene rings is 1. The third-order valence-corrected chi connectivity index (χ3v) is 3.46. The van der Waals surface area contributed by atoms with Gasteiger partial charge in [0.05, 0.1) is 11.6 Å². The van der Waals surface area contributed by atoms with Crippen molar-refractivity contribution in [2.24, 2.45) is 5.73 Å². The van der Waals surface area contributed by atoms with Crippen molar-refractivity contribution in [1.29, 1.82) is 0 Å². The van der Waals surface area contributed by atoms with Gasteiger partial charge in [-0.15, -0.1) is 23.7 Å². The second-order valence-electron chi connectivity index (χ2n) is 3.37. The molecule has 2 bridgehead atoms. The van der Waals surface area contributed by atoms with Crippen LogP contribution in [-0.2, 0) is 0 Å². The van der Waals surface area contributed by atoms with E-state index in [1.807, 2.05) is 17.5 Å². The number of carbonyl (C=O) groups excluding carboxylic acids is 1. The number of amides is 1. The van der Waals surface area contributed by atoms with E-state index in [1.165, 1.54) is 0 Å². The highest BCUT2D eigenvalue weighted by Gasteiger charge is 2.27. The van der Waals surface area contributed by atoms with Crippen molar-refractivity contribution in [3.05, 3.63) is 39.2 Å². The van der Waals surface area contributed by atoms with E-state index in [0.29, 0.717) is 5.56 Å². The quantitative estimate of drug-likeness (QED) is 0.787. The molecule has 2 aliphatic rings. The first kappa shape index (κ1) is 10.3. The van der Waals surface area contributed by atoms with E-state index in [2.05, 4.69) is 11.4 Å². The molecule has 5 heteroatoms. The van der Waals surface area contributed by atoms with Crippen LogP contribution >= 0.6 is 23.7 Å². The van der Waals surface area contributed by atoms with Crippen molar-refractivity contribution in [2.45, 2.75) is 6.04 Å². The second-order valence-corrected chi connectivity index (χ2v) is 4.28. The Bertz CT molecular complexity index is 490. The Hall–Kier alpha value is -1.26. The standard InChI is InChI=1S/C10H8N2OS.ClH/c11-10(13)6-4-14-8-3-5-1-2-7(12-5)9(6)8;/h1-4,7,12H,(H2,11,13);1H. The van der Waals surface area contributed by atoms with Gasteiger partial charge in [-0.05, 0) is 12.2 Å². The number of allylic oxidation sites excluding steroid dienone is 1. The molecule has 0 saturated carbocycles. The summed E-state index contributed by atoms with van der Waals surface area (Å²) in [5.41, 5.74) is 8.09. The van der Waals surface area contributed by atoms with Gasteiger partial charge in [0, 0.05) is 21.5 Å². The summed E-state index contributed by atoms with van der Waals surface area (Å²) in [5, 5.41) is 5.11. The largest absolute Gasteiger partial charge is 0.375 e. The van der Waals surface area contributed by atoms with Crippen LogP contribution in [-0.4, -0.2) is 5.91 Å². The lowest BCUT2D eigenvalue weighted by atomic mass is 10.0. The van der Waals surface area contributed by atoms with Crippen molar-refractivity contribution < 1.29 is 4.79 Å². The number of nitrogens with two attached hydrogens (primary N) is 1. The van der Waals surface area contributed by atoms with Gasteiger partial charge in [0.25, 0.3) is 0 Å². The summed E-state index contributed by atoms with van der Waals surface area (Å²) in [6.45, 7) is 0. The molecular weight excluding hydrogens is 232 g/mol. The highest BCUT2D eigenvalue weighted by atomic mass is 35.5. The third kappa shape index (κ3) is 1.37. The number of carbonyl (C=O) groups is 1. The molecule has 0 radical (unpaired) electrons. The lowest BCUT2D eigenvalue weighted by Gasteiger charge is -2.17. The molecule has 1 atom stereocenters. The zero-order chi connectivity index (χ0) is 9.71. The molecule has 1 unspecified atom stereocenters. The first-order valence-electron chi connectivity index (χ1n) is 4.33. The Kier molecular flexibility index (Phi) is 2.32. The topological polar surface area (TPSA) is 55.1 Å². The van der Waals surface area contributed by atoms with Crippen molar-refractivity contribution in [3.8, 4) is 0 Å². The molecule has 0 spiro atoms. The molecule has 15 heavy (non-hydrogen) atoms. The van der Waals surface area contributed by atoms with Crippen LogP contribution in [0, 0.1) is 0 Å². The Morgan fingerprint density at radius 1 is 1.53 bits per heavy atom. The number of primary amides is 1. The van der Waals surface area contributed by atoms with Crippen molar-refractivity contribution >= 4 is 35.7 Å². The summed E-state index contributed by atoms with van der Waals surface area (Å²) in [7, 11) is 0. The minimum Gasteiger partial charge on any atom is -0.375 e. The molecule has 3 heterocycles. The number of hydrogen-bond donors (Lipinski definition) is 2. The summed E-state index contributed by atoms with van der Waals surface area (Å²) in [6, 6.07) is 0.138. The monoisotopic (exact) mass is 240 g/mol. The van der Waals surface area contributed by atoms with Crippen LogP contribution < -0.4 is 11.1 Å². The summed E-state index contributed by atoms with van der Waals surface area (Å²) >= 11 is 1.57. The van der Waals surface area contributed by atoms with Gasteiger partial charge in [-0.25, -0.2) is 0 Å². The molecule has 3 nitrogen and oxygen atoms in total. The van der Waals surface area contributed by atoms with Crippen LogP contribution in [0.15, 0.2) is 23.2 Å². The van der Waals surface area contributed by atoms with Crippen LogP contribution in [0.2, 0.25) is 0 Å². The zero-order valence-electron chi connectivity index (χ0n) is 7.69. The van der Waals surface area contributed by atoms with Gasteiger partial charge in [-0.3, -0.25) is 4.79 Å². The van der Waals surface area contributed by atoms with E-state index in [4.69, 9.17) is 5.73 Å². The second kappa shape index (κ2) is 3.40. The molecule has 2 aliphatic heterocycles. The van der Waals surface area contributed by atoms with Gasteiger partial charge in [0.2, 0.25) is 5.91 Å². The van der Waals surface area contributed by atoms with Crippen molar-refractivity contribution in [3.63, 3.8) is 0 Å². The number of nitrogens with one attached hydrogen (secondary N) is 1. The smallest absolute Gasteiger partial charge is 0.249 e. The van der Waals surface area contributed by atoms with Crippen LogP contribution in [0.5, 0.6) is 0 Å².